The van der Waals surface area contributed by atoms with Crippen LogP contribution in [0.15, 0.2) is 107 Å². The van der Waals surface area contributed by atoms with E-state index in [0.717, 1.165) is 77.3 Å². The summed E-state index contributed by atoms with van der Waals surface area (Å²) in [5.74, 6) is 2.66. The van der Waals surface area contributed by atoms with Gasteiger partial charge < -0.3 is 4.90 Å². The van der Waals surface area contributed by atoms with Gasteiger partial charge in [-0.3, -0.25) is 25.4 Å². The number of piperidine rings is 1. The van der Waals surface area contributed by atoms with E-state index in [1.807, 2.05) is 49.9 Å². The Morgan fingerprint density at radius 3 is 2.48 bits per heavy atom. The number of likely N-dealkylation sites (tertiary alicyclic amines) is 1. The van der Waals surface area contributed by atoms with E-state index in [0.29, 0.717) is 17.6 Å². The fourth-order valence-corrected chi connectivity index (χ4v) is 6.69. The van der Waals surface area contributed by atoms with Crippen molar-refractivity contribution in [1.29, 1.82) is 0 Å². The zero-order valence-electron chi connectivity index (χ0n) is 28.2. The van der Waals surface area contributed by atoms with Crippen molar-refractivity contribution in [3.8, 4) is 33.9 Å². The van der Waals surface area contributed by atoms with Crippen LogP contribution in [0, 0.1) is 0 Å². The first-order chi connectivity index (χ1) is 24.6. The summed E-state index contributed by atoms with van der Waals surface area (Å²) < 4.78 is 0. The summed E-state index contributed by atoms with van der Waals surface area (Å²) in [7, 11) is 2.02. The van der Waals surface area contributed by atoms with Crippen LogP contribution >= 0.6 is 0 Å². The number of hydrogen-bond donors (Lipinski definition) is 2. The number of hydrazone groups is 1. The minimum Gasteiger partial charge on any atom is -0.361 e. The highest BCUT2D eigenvalue weighted by atomic mass is 15.3. The molecule has 2 aliphatic rings. The Balaban J connectivity index is 0.982. The van der Waals surface area contributed by atoms with E-state index in [9.17, 15) is 0 Å². The molecule has 0 amide bonds. The average Bonchev–Trinajstić information content (AvgIpc) is 3.79. The van der Waals surface area contributed by atoms with Crippen molar-refractivity contribution in [1.82, 2.24) is 39.9 Å². The van der Waals surface area contributed by atoms with Gasteiger partial charge in [0.1, 0.15) is 17.6 Å². The molecule has 2 atom stereocenters. The molecule has 2 aromatic carbocycles. The highest BCUT2D eigenvalue weighted by Gasteiger charge is 2.24. The molecule has 250 valence electrons. The Hall–Kier alpha value is -5.81. The molecule has 11 heteroatoms. The lowest BCUT2D eigenvalue weighted by atomic mass is 9.95. The summed E-state index contributed by atoms with van der Waals surface area (Å²) >= 11 is 0. The first-order valence-corrected chi connectivity index (χ1v) is 17.1. The molecule has 6 heterocycles. The van der Waals surface area contributed by atoms with Gasteiger partial charge in [-0.25, -0.2) is 15.0 Å². The number of aromatic amines is 1. The molecule has 2 N–H and O–H groups in total. The van der Waals surface area contributed by atoms with Crippen molar-refractivity contribution in [3.05, 3.63) is 109 Å². The molecule has 50 heavy (non-hydrogen) atoms. The number of aliphatic imine (C=N–C) groups is 1. The van der Waals surface area contributed by atoms with Crippen LogP contribution in [0.3, 0.4) is 0 Å². The maximum absolute atomic E-state index is 5.20. The second-order valence-corrected chi connectivity index (χ2v) is 13.0. The van der Waals surface area contributed by atoms with E-state index < -0.39 is 0 Å². The van der Waals surface area contributed by atoms with Gasteiger partial charge in [0.25, 0.3) is 0 Å². The number of pyridine rings is 3. The fourth-order valence-electron chi connectivity index (χ4n) is 6.69. The predicted molar refractivity (Wildman–Crippen MR) is 199 cm³/mol. The second-order valence-electron chi connectivity index (χ2n) is 13.0. The van der Waals surface area contributed by atoms with Crippen molar-refractivity contribution < 1.29 is 0 Å². The maximum atomic E-state index is 5.20. The molecule has 8 rings (SSSR count). The molecular formula is C39H39N11. The first-order valence-electron chi connectivity index (χ1n) is 17.1. The first kappa shape index (κ1) is 31.5. The third kappa shape index (κ3) is 6.59. The van der Waals surface area contributed by atoms with Gasteiger partial charge in [-0.2, -0.15) is 10.2 Å². The van der Waals surface area contributed by atoms with Gasteiger partial charge in [0.05, 0.1) is 29.8 Å². The molecule has 1 saturated heterocycles. The third-order valence-electron chi connectivity index (χ3n) is 9.79. The lowest BCUT2D eigenvalue weighted by molar-refractivity contribution is 0.202. The van der Waals surface area contributed by atoms with Crippen LogP contribution in [0.5, 0.6) is 0 Å². The van der Waals surface area contributed by atoms with Crippen LogP contribution in [0.25, 0.3) is 44.8 Å². The normalized spacial score (nSPS) is 18.4. The van der Waals surface area contributed by atoms with E-state index in [-0.39, 0.29) is 12.1 Å². The number of aromatic nitrogens is 6. The number of fused-ring (bicyclic) bond motifs is 1. The number of anilines is 1. The zero-order valence-corrected chi connectivity index (χ0v) is 28.2. The van der Waals surface area contributed by atoms with Crippen LogP contribution in [0.4, 0.5) is 5.82 Å². The SMILES string of the molecule is CC1C(/C=N/Nc2nccc3nc(-c4ccc(CN5CCC(c6nc(-c7ccccn7)n[nH]6)CC5)cc4)c(-c4ccccc4)cc23)N=CN1C. The van der Waals surface area contributed by atoms with Crippen LogP contribution in [0.2, 0.25) is 0 Å². The Kier molecular flexibility index (Phi) is 8.79. The van der Waals surface area contributed by atoms with Crippen LogP contribution < -0.4 is 5.43 Å². The van der Waals surface area contributed by atoms with Gasteiger partial charge in [0.15, 0.2) is 11.6 Å². The van der Waals surface area contributed by atoms with Gasteiger partial charge in [0.2, 0.25) is 0 Å². The molecule has 2 unspecified atom stereocenters. The van der Waals surface area contributed by atoms with E-state index >= 15 is 0 Å². The van der Waals surface area contributed by atoms with E-state index in [1.165, 1.54) is 5.56 Å². The third-order valence-corrected chi connectivity index (χ3v) is 9.79. The number of nitrogens with zero attached hydrogens (tertiary/aromatic N) is 9. The zero-order chi connectivity index (χ0) is 33.9. The Morgan fingerprint density at radius 1 is 0.900 bits per heavy atom. The lowest BCUT2D eigenvalue weighted by Crippen LogP contribution is -2.32. The topological polar surface area (TPSA) is 123 Å². The predicted octanol–water partition coefficient (Wildman–Crippen LogP) is 6.65. The van der Waals surface area contributed by atoms with Crippen LogP contribution in [-0.4, -0.2) is 84.7 Å². The lowest BCUT2D eigenvalue weighted by Gasteiger charge is -2.31. The molecule has 4 aromatic heterocycles. The van der Waals surface area contributed by atoms with E-state index in [1.54, 1.807) is 12.4 Å². The summed E-state index contributed by atoms with van der Waals surface area (Å²) in [6.07, 6.45) is 9.32. The Labute approximate surface area is 291 Å². The van der Waals surface area contributed by atoms with Crippen molar-refractivity contribution in [3.63, 3.8) is 0 Å². The smallest absolute Gasteiger partial charge is 0.199 e. The Bertz CT molecular complexity index is 2120. The molecular weight excluding hydrogens is 623 g/mol. The number of hydrogen-bond acceptors (Lipinski definition) is 10. The fraction of sp³-hybridized carbons (Fsp3) is 0.256. The van der Waals surface area contributed by atoms with E-state index in [4.69, 9.17) is 9.97 Å². The van der Waals surface area contributed by atoms with Crippen molar-refractivity contribution in [2.45, 2.75) is 44.3 Å². The minimum atomic E-state index is -0.00665. The van der Waals surface area contributed by atoms with Crippen LogP contribution in [-0.2, 0) is 6.54 Å². The number of nitrogens with one attached hydrogen (secondary N) is 2. The molecule has 6 aromatic rings. The molecule has 0 bridgehead atoms. The number of benzene rings is 2. The molecule has 0 saturated carbocycles. The molecule has 0 spiro atoms. The minimum absolute atomic E-state index is 0.00665. The van der Waals surface area contributed by atoms with Crippen molar-refractivity contribution in [2.75, 3.05) is 25.6 Å². The second kappa shape index (κ2) is 14.0. The quantitative estimate of drug-likeness (QED) is 0.130. The average molecular weight is 662 g/mol. The van der Waals surface area contributed by atoms with E-state index in [2.05, 4.69) is 107 Å². The van der Waals surface area contributed by atoms with Gasteiger partial charge in [-0.05, 0) is 68.2 Å². The summed E-state index contributed by atoms with van der Waals surface area (Å²) in [6.45, 7) is 5.05. The molecule has 0 aliphatic carbocycles. The Morgan fingerprint density at radius 2 is 1.72 bits per heavy atom. The summed E-state index contributed by atoms with van der Waals surface area (Å²) in [4.78, 5) is 28.1. The molecule has 2 aliphatic heterocycles. The monoisotopic (exact) mass is 661 g/mol. The van der Waals surface area contributed by atoms with Gasteiger partial charge in [0, 0.05) is 48.4 Å². The van der Waals surface area contributed by atoms with Crippen molar-refractivity contribution in [2.24, 2.45) is 10.1 Å². The summed E-state index contributed by atoms with van der Waals surface area (Å²) in [5, 5.41) is 13.0. The highest BCUT2D eigenvalue weighted by Crippen LogP contribution is 2.35. The van der Waals surface area contributed by atoms with Gasteiger partial charge in [-0.15, -0.1) is 0 Å². The number of H-pyrrole nitrogens is 1. The number of rotatable bonds is 9. The largest absolute Gasteiger partial charge is 0.361 e. The number of likely N-dealkylation sites (N-methyl/N-ethyl adjacent to an activating group) is 1. The van der Waals surface area contributed by atoms with Crippen LogP contribution in [0.1, 0.15) is 37.1 Å². The summed E-state index contributed by atoms with van der Waals surface area (Å²) in [6, 6.07) is 29.4. The molecule has 1 fully saturated rings. The maximum Gasteiger partial charge on any atom is 0.199 e. The summed E-state index contributed by atoms with van der Waals surface area (Å²) in [5.41, 5.74) is 10.2. The molecule has 0 radical (unpaired) electrons. The van der Waals surface area contributed by atoms with Crippen molar-refractivity contribution >= 4 is 29.3 Å². The van der Waals surface area contributed by atoms with Gasteiger partial charge in [-0.1, -0.05) is 60.7 Å². The molecule has 11 nitrogen and oxygen atoms in total. The standard InChI is InChI=1S/C39H39N11/c1-26-35(42-25-49(26)2)23-43-46-38-32-22-31(28-8-4-3-5-9-28)36(44-33(32)15-19-41-38)29-13-11-27(12-14-29)24-50-20-16-30(17-21-50)37-45-39(48-47-37)34-10-6-7-18-40-34/h3-15,18-19,22-23,25-26,30,35H,16-17,20-21,24H2,1-2H3,(H,41,46)(H,45,47,48)/b43-23+. The highest BCUT2D eigenvalue weighted by molar-refractivity contribution is 5.97. The van der Waals surface area contributed by atoms with Gasteiger partial charge >= 0.3 is 0 Å².